The minimum atomic E-state index is -0.999. The van der Waals surface area contributed by atoms with Crippen LogP contribution >= 0.6 is 0 Å². The van der Waals surface area contributed by atoms with Crippen molar-refractivity contribution in [3.63, 3.8) is 0 Å². The lowest BCUT2D eigenvalue weighted by Gasteiger charge is -2.43. The third-order valence-corrected chi connectivity index (χ3v) is 5.40. The quantitative estimate of drug-likeness (QED) is 0.757. The molecule has 1 heterocycles. The average molecular weight is 417 g/mol. The molecule has 6 nitrogen and oxygen atoms in total. The minimum absolute atomic E-state index is 0.0877. The number of halogens is 2. The standard InChI is InChI=1S/C22H25F2N3O3/c1-14-13-26(18-7-4-16(5-8-18)22(29)30-3)10-11-27(14)15(2)21(28)25-17-6-9-19(23)20(24)12-17/h4-9,12,14-15H,10-11,13H2,1-3H3,(H,25,28). The molecule has 0 aromatic heterocycles. The molecule has 2 aromatic rings. The molecule has 8 heteroatoms. The number of methoxy groups -OCH3 is 1. The van der Waals surface area contributed by atoms with Gasteiger partial charge < -0.3 is 15.0 Å². The zero-order chi connectivity index (χ0) is 21.8. The van der Waals surface area contributed by atoms with Gasteiger partial charge in [-0.3, -0.25) is 9.69 Å². The first-order chi connectivity index (χ1) is 14.3. The van der Waals surface area contributed by atoms with Crippen molar-refractivity contribution in [2.24, 2.45) is 0 Å². The van der Waals surface area contributed by atoms with E-state index in [1.165, 1.54) is 13.2 Å². The van der Waals surface area contributed by atoms with Gasteiger partial charge in [0.1, 0.15) is 0 Å². The SMILES string of the molecule is COC(=O)c1ccc(N2CCN(C(C)C(=O)Nc3ccc(F)c(F)c3)C(C)C2)cc1. The monoisotopic (exact) mass is 417 g/mol. The van der Waals surface area contributed by atoms with Crippen molar-refractivity contribution < 1.29 is 23.1 Å². The molecule has 0 aliphatic carbocycles. The summed E-state index contributed by atoms with van der Waals surface area (Å²) in [7, 11) is 1.35. The van der Waals surface area contributed by atoms with Gasteiger partial charge in [-0.25, -0.2) is 13.6 Å². The molecular weight excluding hydrogens is 392 g/mol. The largest absolute Gasteiger partial charge is 0.465 e. The minimum Gasteiger partial charge on any atom is -0.465 e. The van der Waals surface area contributed by atoms with Crippen molar-refractivity contribution in [1.82, 2.24) is 4.90 Å². The highest BCUT2D eigenvalue weighted by molar-refractivity contribution is 5.94. The zero-order valence-electron chi connectivity index (χ0n) is 17.2. The van der Waals surface area contributed by atoms with Crippen LogP contribution in [0.3, 0.4) is 0 Å². The van der Waals surface area contributed by atoms with Crippen molar-refractivity contribution in [1.29, 1.82) is 0 Å². The van der Waals surface area contributed by atoms with Crippen molar-refractivity contribution in [3.05, 3.63) is 59.7 Å². The molecule has 2 aromatic carbocycles. The number of nitrogens with zero attached hydrogens (tertiary/aromatic N) is 2. The average Bonchev–Trinajstić information content (AvgIpc) is 2.75. The molecular formula is C22H25F2N3O3. The van der Waals surface area contributed by atoms with Gasteiger partial charge in [0.25, 0.3) is 0 Å². The Labute approximate surface area is 174 Å². The van der Waals surface area contributed by atoms with Crippen LogP contribution in [0.25, 0.3) is 0 Å². The number of amides is 1. The summed E-state index contributed by atoms with van der Waals surface area (Å²) in [5, 5.41) is 2.65. The van der Waals surface area contributed by atoms with Gasteiger partial charge in [-0.1, -0.05) is 0 Å². The van der Waals surface area contributed by atoms with Crippen molar-refractivity contribution in [2.75, 3.05) is 37.0 Å². The Morgan fingerprint density at radius 3 is 2.40 bits per heavy atom. The summed E-state index contributed by atoms with van der Waals surface area (Å²) in [5.74, 6) is -2.60. The molecule has 0 spiro atoms. The van der Waals surface area contributed by atoms with Gasteiger partial charge in [0.15, 0.2) is 11.6 Å². The third kappa shape index (κ3) is 4.76. The lowest BCUT2D eigenvalue weighted by molar-refractivity contribution is -0.121. The van der Waals surface area contributed by atoms with Crippen LogP contribution < -0.4 is 10.2 Å². The molecule has 1 N–H and O–H groups in total. The molecule has 0 radical (unpaired) electrons. The van der Waals surface area contributed by atoms with Crippen LogP contribution in [-0.2, 0) is 9.53 Å². The maximum atomic E-state index is 13.4. The number of anilines is 2. The number of rotatable bonds is 5. The van der Waals surface area contributed by atoms with Gasteiger partial charge in [-0.05, 0) is 50.2 Å². The summed E-state index contributed by atoms with van der Waals surface area (Å²) >= 11 is 0. The van der Waals surface area contributed by atoms with E-state index in [2.05, 4.69) is 15.1 Å². The van der Waals surface area contributed by atoms with Crippen molar-refractivity contribution >= 4 is 23.3 Å². The fraction of sp³-hybridized carbons (Fsp3) is 0.364. The lowest BCUT2D eigenvalue weighted by Crippen LogP contribution is -2.57. The highest BCUT2D eigenvalue weighted by Gasteiger charge is 2.31. The van der Waals surface area contributed by atoms with Gasteiger partial charge >= 0.3 is 5.97 Å². The number of benzene rings is 2. The van der Waals surface area contributed by atoms with Crippen LogP contribution in [0.2, 0.25) is 0 Å². The Bertz CT molecular complexity index is 920. The predicted molar refractivity (Wildman–Crippen MR) is 111 cm³/mol. The van der Waals surface area contributed by atoms with Crippen LogP contribution in [-0.4, -0.2) is 55.6 Å². The third-order valence-electron chi connectivity index (χ3n) is 5.40. The van der Waals surface area contributed by atoms with E-state index in [9.17, 15) is 18.4 Å². The molecule has 160 valence electrons. The smallest absolute Gasteiger partial charge is 0.337 e. The summed E-state index contributed by atoms with van der Waals surface area (Å²) in [6, 6.07) is 10.2. The Balaban J connectivity index is 1.60. The number of hydrogen-bond donors (Lipinski definition) is 1. The molecule has 1 amide bonds. The molecule has 1 aliphatic heterocycles. The second-order valence-corrected chi connectivity index (χ2v) is 7.37. The number of nitrogens with one attached hydrogen (secondary N) is 1. The number of carbonyl (C=O) groups is 2. The van der Waals surface area contributed by atoms with Crippen LogP contribution in [0.15, 0.2) is 42.5 Å². The van der Waals surface area contributed by atoms with Gasteiger partial charge in [0.05, 0.1) is 18.7 Å². The first-order valence-electron chi connectivity index (χ1n) is 9.75. The van der Waals surface area contributed by atoms with Crippen molar-refractivity contribution in [3.8, 4) is 0 Å². The summed E-state index contributed by atoms with van der Waals surface area (Å²) in [6.45, 7) is 5.92. The van der Waals surface area contributed by atoms with E-state index in [4.69, 9.17) is 4.74 Å². The van der Waals surface area contributed by atoms with E-state index in [1.54, 1.807) is 19.1 Å². The van der Waals surface area contributed by atoms with Crippen LogP contribution in [0.5, 0.6) is 0 Å². The normalized spacial score (nSPS) is 18.0. The molecule has 1 saturated heterocycles. The van der Waals surface area contributed by atoms with Crippen LogP contribution in [0.1, 0.15) is 24.2 Å². The highest BCUT2D eigenvalue weighted by Crippen LogP contribution is 2.22. The molecule has 2 unspecified atom stereocenters. The van der Waals surface area contributed by atoms with Crippen molar-refractivity contribution in [2.45, 2.75) is 25.9 Å². The van der Waals surface area contributed by atoms with Gasteiger partial charge in [-0.15, -0.1) is 0 Å². The summed E-state index contributed by atoms with van der Waals surface area (Å²) < 4.78 is 31.2. The summed E-state index contributed by atoms with van der Waals surface area (Å²) in [6.07, 6.45) is 0. The Hall–Kier alpha value is -3.00. The topological polar surface area (TPSA) is 61.9 Å². The Morgan fingerprint density at radius 1 is 1.10 bits per heavy atom. The molecule has 0 saturated carbocycles. The number of piperazine rings is 1. The molecule has 1 aliphatic rings. The molecule has 2 atom stereocenters. The second-order valence-electron chi connectivity index (χ2n) is 7.37. The van der Waals surface area contributed by atoms with E-state index in [0.717, 1.165) is 17.8 Å². The fourth-order valence-corrected chi connectivity index (χ4v) is 3.68. The molecule has 3 rings (SSSR count). The fourth-order valence-electron chi connectivity index (χ4n) is 3.68. The number of ether oxygens (including phenoxy) is 1. The van der Waals surface area contributed by atoms with E-state index < -0.39 is 17.7 Å². The Kier molecular flexibility index (Phi) is 6.66. The molecule has 30 heavy (non-hydrogen) atoms. The first-order valence-corrected chi connectivity index (χ1v) is 9.75. The van der Waals surface area contributed by atoms with Gasteiger partial charge in [0, 0.05) is 43.1 Å². The lowest BCUT2D eigenvalue weighted by atomic mass is 10.1. The molecule has 1 fully saturated rings. The second kappa shape index (κ2) is 9.21. The summed E-state index contributed by atoms with van der Waals surface area (Å²) in [5.41, 5.74) is 1.71. The highest BCUT2D eigenvalue weighted by atomic mass is 19.2. The van der Waals surface area contributed by atoms with E-state index >= 15 is 0 Å². The Morgan fingerprint density at radius 2 is 1.80 bits per heavy atom. The number of esters is 1. The maximum Gasteiger partial charge on any atom is 0.337 e. The van der Waals surface area contributed by atoms with E-state index in [1.807, 2.05) is 19.1 Å². The van der Waals surface area contributed by atoms with Crippen LogP contribution in [0.4, 0.5) is 20.2 Å². The van der Waals surface area contributed by atoms with E-state index in [0.29, 0.717) is 25.2 Å². The first kappa shape index (κ1) is 21.7. The zero-order valence-corrected chi connectivity index (χ0v) is 17.2. The van der Waals surface area contributed by atoms with E-state index in [-0.39, 0.29) is 23.6 Å². The maximum absolute atomic E-state index is 13.4. The van der Waals surface area contributed by atoms with Crippen LogP contribution in [0, 0.1) is 11.6 Å². The number of carbonyl (C=O) groups excluding carboxylic acids is 2. The number of hydrogen-bond acceptors (Lipinski definition) is 5. The summed E-state index contributed by atoms with van der Waals surface area (Å²) in [4.78, 5) is 28.5. The van der Waals surface area contributed by atoms with Gasteiger partial charge in [-0.2, -0.15) is 0 Å². The predicted octanol–water partition coefficient (Wildman–Crippen LogP) is 3.29. The molecule has 0 bridgehead atoms. The van der Waals surface area contributed by atoms with Gasteiger partial charge in [0.2, 0.25) is 5.91 Å².